The van der Waals surface area contributed by atoms with E-state index in [9.17, 15) is 0 Å². The van der Waals surface area contributed by atoms with Crippen LogP contribution in [0.5, 0.6) is 0 Å². The molecule has 0 aromatic heterocycles. The third-order valence-electron chi connectivity index (χ3n) is 8.87. The summed E-state index contributed by atoms with van der Waals surface area (Å²) in [5.41, 5.74) is 15.2. The van der Waals surface area contributed by atoms with Crippen molar-refractivity contribution in [3.05, 3.63) is 176 Å². The molecule has 3 nitrogen and oxygen atoms in total. The molecule has 0 amide bonds. The van der Waals surface area contributed by atoms with Crippen molar-refractivity contribution in [3.8, 4) is 22.3 Å². The molecule has 3 heteroatoms. The Kier molecular flexibility index (Phi) is 5.82. The molecule has 0 atom stereocenters. The summed E-state index contributed by atoms with van der Waals surface area (Å²) in [4.78, 5) is 7.29. The van der Waals surface area contributed by atoms with Crippen LogP contribution in [-0.4, -0.2) is 0 Å². The van der Waals surface area contributed by atoms with E-state index in [0.717, 1.165) is 45.5 Å². The molecule has 0 saturated heterocycles. The highest BCUT2D eigenvalue weighted by Gasteiger charge is 2.39. The van der Waals surface area contributed by atoms with Gasteiger partial charge in [0.1, 0.15) is 0 Å². The van der Waals surface area contributed by atoms with Crippen LogP contribution < -0.4 is 14.7 Å². The topological polar surface area (TPSA) is 9.72 Å². The average Bonchev–Trinajstić information content (AvgIpc) is 3.12. The number of para-hydroxylation sites is 4. The van der Waals surface area contributed by atoms with Crippen molar-refractivity contribution >= 4 is 51.2 Å². The Balaban J connectivity index is 1.30. The van der Waals surface area contributed by atoms with Crippen LogP contribution in [0.25, 0.3) is 22.3 Å². The molecule has 0 fully saturated rings. The molecule has 7 aromatic rings. The lowest BCUT2D eigenvalue weighted by atomic mass is 9.96. The maximum absolute atomic E-state index is 2.47. The molecule has 0 N–H and O–H groups in total. The lowest BCUT2D eigenvalue weighted by Gasteiger charge is -2.47. The van der Waals surface area contributed by atoms with Gasteiger partial charge in [-0.1, -0.05) is 115 Å². The Morgan fingerprint density at radius 3 is 1.29 bits per heavy atom. The Labute approximate surface area is 263 Å². The molecule has 2 aliphatic rings. The summed E-state index contributed by atoms with van der Waals surface area (Å²) >= 11 is 0. The maximum atomic E-state index is 2.47. The number of nitrogens with zero attached hydrogens (tertiary/aromatic N) is 3. The van der Waals surface area contributed by atoms with Crippen molar-refractivity contribution in [2.45, 2.75) is 0 Å². The largest absolute Gasteiger partial charge is 0.306 e. The first kappa shape index (κ1) is 25.4. The molecule has 2 heterocycles. The molecule has 0 aliphatic carbocycles. The first-order chi connectivity index (χ1) is 22.3. The van der Waals surface area contributed by atoms with Gasteiger partial charge in [0, 0.05) is 11.4 Å². The summed E-state index contributed by atoms with van der Waals surface area (Å²) in [6.45, 7) is 0. The van der Waals surface area contributed by atoms with Gasteiger partial charge in [0.25, 0.3) is 0 Å². The molecule has 0 saturated carbocycles. The van der Waals surface area contributed by atoms with Gasteiger partial charge < -0.3 is 14.7 Å². The zero-order valence-electron chi connectivity index (χ0n) is 24.6. The van der Waals surface area contributed by atoms with Crippen LogP contribution in [0.15, 0.2) is 176 Å². The standard InChI is InChI=1S/C42H29N3/c1-4-13-30(14-5-1)32-23-26-35(27-24-32)44-38-28-25-33(31-15-6-2-7-16-31)29-41(38)45-37-20-11-10-19-36(37)43(34-17-8-3-9-18-34)39-21-12-22-40(44)42(39)45/h1-29H. The fourth-order valence-corrected chi connectivity index (χ4v) is 6.85. The smallest absolute Gasteiger partial charge is 0.0947 e. The Morgan fingerprint density at radius 1 is 0.244 bits per heavy atom. The highest BCUT2D eigenvalue weighted by molar-refractivity contribution is 6.12. The van der Waals surface area contributed by atoms with E-state index in [1.807, 2.05) is 0 Å². The van der Waals surface area contributed by atoms with Crippen molar-refractivity contribution in [1.82, 2.24) is 0 Å². The molecule has 0 radical (unpaired) electrons. The van der Waals surface area contributed by atoms with Crippen molar-refractivity contribution in [1.29, 1.82) is 0 Å². The van der Waals surface area contributed by atoms with E-state index in [1.54, 1.807) is 0 Å². The number of hydrogen-bond acceptors (Lipinski definition) is 3. The zero-order chi connectivity index (χ0) is 29.7. The number of rotatable bonds is 4. The molecular formula is C42H29N3. The molecule has 9 rings (SSSR count). The van der Waals surface area contributed by atoms with Crippen molar-refractivity contribution in [2.24, 2.45) is 0 Å². The Morgan fingerprint density at radius 2 is 0.667 bits per heavy atom. The minimum Gasteiger partial charge on any atom is -0.306 e. The van der Waals surface area contributed by atoms with Gasteiger partial charge in [-0.2, -0.15) is 0 Å². The van der Waals surface area contributed by atoms with E-state index >= 15 is 0 Å². The third-order valence-corrected chi connectivity index (χ3v) is 8.87. The highest BCUT2D eigenvalue weighted by Crippen LogP contribution is 2.63. The summed E-state index contributed by atoms with van der Waals surface area (Å²) in [5.74, 6) is 0. The van der Waals surface area contributed by atoms with Crippen LogP contribution in [0.4, 0.5) is 51.2 Å². The average molecular weight is 576 g/mol. The molecule has 45 heavy (non-hydrogen) atoms. The van der Waals surface area contributed by atoms with Gasteiger partial charge in [-0.15, -0.1) is 0 Å². The summed E-state index contributed by atoms with van der Waals surface area (Å²) in [5, 5.41) is 0. The first-order valence-corrected chi connectivity index (χ1v) is 15.4. The van der Waals surface area contributed by atoms with Crippen molar-refractivity contribution in [2.75, 3.05) is 14.7 Å². The van der Waals surface area contributed by atoms with E-state index in [4.69, 9.17) is 0 Å². The second kappa shape index (κ2) is 10.3. The normalized spacial score (nSPS) is 12.8. The molecular weight excluding hydrogens is 546 g/mol. The summed E-state index contributed by atoms with van der Waals surface area (Å²) in [7, 11) is 0. The molecule has 0 unspecified atom stereocenters. The summed E-state index contributed by atoms with van der Waals surface area (Å²) in [6.07, 6.45) is 0. The SMILES string of the molecule is c1ccc(-c2ccc(N3c4ccc(-c5ccccc5)cc4N4c5ccccc5N(c5ccccc5)c5cccc3c54)cc2)cc1. The zero-order valence-corrected chi connectivity index (χ0v) is 24.6. The van der Waals surface area contributed by atoms with Crippen molar-refractivity contribution < 1.29 is 0 Å². The van der Waals surface area contributed by atoms with Crippen LogP contribution in [0.2, 0.25) is 0 Å². The first-order valence-electron chi connectivity index (χ1n) is 15.4. The van der Waals surface area contributed by atoms with Crippen molar-refractivity contribution in [3.63, 3.8) is 0 Å². The lowest BCUT2D eigenvalue weighted by Crippen LogP contribution is -2.30. The second-order valence-electron chi connectivity index (χ2n) is 11.5. The predicted octanol–water partition coefficient (Wildman–Crippen LogP) is 12.1. The maximum Gasteiger partial charge on any atom is 0.0947 e. The van der Waals surface area contributed by atoms with Gasteiger partial charge in [0.05, 0.1) is 39.8 Å². The van der Waals surface area contributed by atoms with E-state index < -0.39 is 0 Å². The lowest BCUT2D eigenvalue weighted by molar-refractivity contribution is 1.12. The minimum atomic E-state index is 1.13. The van der Waals surface area contributed by atoms with Crippen LogP contribution in [0.1, 0.15) is 0 Å². The minimum absolute atomic E-state index is 1.13. The Hall–Kier alpha value is -6.06. The van der Waals surface area contributed by atoms with Crippen LogP contribution in [-0.2, 0) is 0 Å². The molecule has 2 aliphatic heterocycles. The van der Waals surface area contributed by atoms with Gasteiger partial charge >= 0.3 is 0 Å². The van der Waals surface area contributed by atoms with Crippen LogP contribution >= 0.6 is 0 Å². The Bertz CT molecular complexity index is 2160. The summed E-state index contributed by atoms with van der Waals surface area (Å²) in [6, 6.07) is 63.2. The molecule has 7 aromatic carbocycles. The van der Waals surface area contributed by atoms with Gasteiger partial charge in [0.15, 0.2) is 0 Å². The van der Waals surface area contributed by atoms with E-state index in [2.05, 4.69) is 191 Å². The molecule has 0 spiro atoms. The molecule has 212 valence electrons. The van der Waals surface area contributed by atoms with E-state index in [-0.39, 0.29) is 0 Å². The van der Waals surface area contributed by atoms with E-state index in [1.165, 1.54) is 27.9 Å². The fourth-order valence-electron chi connectivity index (χ4n) is 6.85. The number of fused-ring (bicyclic) bond motifs is 4. The van der Waals surface area contributed by atoms with Crippen LogP contribution in [0, 0.1) is 0 Å². The quantitative estimate of drug-likeness (QED) is 0.207. The van der Waals surface area contributed by atoms with Gasteiger partial charge in [-0.25, -0.2) is 0 Å². The van der Waals surface area contributed by atoms with Gasteiger partial charge in [-0.3, -0.25) is 0 Å². The number of hydrogen-bond donors (Lipinski definition) is 0. The third kappa shape index (κ3) is 4.05. The van der Waals surface area contributed by atoms with Gasteiger partial charge in [-0.05, 0) is 82.9 Å². The number of anilines is 9. The molecule has 0 bridgehead atoms. The second-order valence-corrected chi connectivity index (χ2v) is 11.5. The van der Waals surface area contributed by atoms with Crippen LogP contribution in [0.3, 0.4) is 0 Å². The fraction of sp³-hybridized carbons (Fsp3) is 0. The monoisotopic (exact) mass is 575 g/mol. The number of benzene rings is 7. The highest BCUT2D eigenvalue weighted by atomic mass is 15.3. The summed E-state index contributed by atoms with van der Waals surface area (Å²) < 4.78 is 0. The predicted molar refractivity (Wildman–Crippen MR) is 188 cm³/mol. The van der Waals surface area contributed by atoms with Gasteiger partial charge in [0.2, 0.25) is 0 Å². The van der Waals surface area contributed by atoms with E-state index in [0.29, 0.717) is 0 Å².